The summed E-state index contributed by atoms with van der Waals surface area (Å²) in [5.74, 6) is 0.472. The van der Waals surface area contributed by atoms with Crippen LogP contribution in [0.4, 0.5) is 0 Å². The summed E-state index contributed by atoms with van der Waals surface area (Å²) in [6.45, 7) is 13.5. The van der Waals surface area contributed by atoms with Gasteiger partial charge in [0.2, 0.25) is 0 Å². The number of morpholine rings is 1. The Morgan fingerprint density at radius 3 is 2.32 bits per heavy atom. The van der Waals surface area contributed by atoms with Crippen LogP contribution in [-0.4, -0.2) is 64.6 Å². The zero-order chi connectivity index (χ0) is 21.2. The summed E-state index contributed by atoms with van der Waals surface area (Å²) in [7, 11) is 3.06. The van der Waals surface area contributed by atoms with Crippen molar-refractivity contribution in [3.05, 3.63) is 29.3 Å². The Hall–Kier alpha value is -1.63. The maximum atomic E-state index is 11.8. The molecule has 1 fully saturated rings. The number of esters is 1. The first-order chi connectivity index (χ1) is 13.7. The molecule has 0 bridgehead atoms. The zero-order valence-electron chi connectivity index (χ0n) is 18.6. The van der Waals surface area contributed by atoms with E-state index < -0.39 is 0 Å². The van der Waals surface area contributed by atoms with Crippen LogP contribution in [0.25, 0.3) is 0 Å². The fourth-order valence-electron chi connectivity index (χ4n) is 2.47. The second-order valence-electron chi connectivity index (χ2n) is 6.10. The van der Waals surface area contributed by atoms with E-state index in [4.69, 9.17) is 18.9 Å². The second-order valence-corrected chi connectivity index (χ2v) is 6.10. The predicted octanol–water partition coefficient (Wildman–Crippen LogP) is 4.16. The Bertz CT molecular complexity index is 516. The molecule has 0 amide bonds. The van der Waals surface area contributed by atoms with Gasteiger partial charge in [-0.1, -0.05) is 34.1 Å². The zero-order valence-corrected chi connectivity index (χ0v) is 18.6. The smallest absolute Gasteiger partial charge is 0.337 e. The number of hydrogen-bond acceptors (Lipinski definition) is 6. The monoisotopic (exact) mass is 397 g/mol. The van der Waals surface area contributed by atoms with Crippen molar-refractivity contribution in [2.45, 2.75) is 47.1 Å². The summed E-state index contributed by atoms with van der Waals surface area (Å²) < 4.78 is 21.1. The SMILES string of the molecule is CC.CCC.COCCCOc1ccc(C(=O)OC)cc1CN1CCOCC1. The van der Waals surface area contributed by atoms with E-state index in [2.05, 4.69) is 18.7 Å². The molecule has 6 heteroatoms. The number of carbonyl (C=O) groups excluding carboxylic acids is 1. The molecule has 0 aliphatic carbocycles. The largest absolute Gasteiger partial charge is 0.493 e. The van der Waals surface area contributed by atoms with Crippen LogP contribution in [0.1, 0.15) is 56.5 Å². The first-order valence-corrected chi connectivity index (χ1v) is 10.3. The van der Waals surface area contributed by atoms with Crippen LogP contribution in [-0.2, 0) is 20.8 Å². The molecule has 1 aliphatic heterocycles. The van der Waals surface area contributed by atoms with E-state index in [0.717, 1.165) is 50.6 Å². The Kier molecular flexibility index (Phi) is 16.5. The molecule has 28 heavy (non-hydrogen) atoms. The molecule has 1 aliphatic rings. The van der Waals surface area contributed by atoms with Gasteiger partial charge in [0.15, 0.2) is 0 Å². The molecule has 1 saturated heterocycles. The van der Waals surface area contributed by atoms with E-state index in [1.54, 1.807) is 13.2 Å². The number of carbonyl (C=O) groups is 1. The molecule has 2 rings (SSSR count). The van der Waals surface area contributed by atoms with Crippen LogP contribution in [0.5, 0.6) is 5.75 Å². The van der Waals surface area contributed by atoms with Gasteiger partial charge < -0.3 is 18.9 Å². The molecule has 1 heterocycles. The highest BCUT2D eigenvalue weighted by molar-refractivity contribution is 5.89. The highest BCUT2D eigenvalue weighted by atomic mass is 16.5. The Balaban J connectivity index is 0.00000133. The van der Waals surface area contributed by atoms with Gasteiger partial charge in [-0.15, -0.1) is 0 Å². The van der Waals surface area contributed by atoms with Crippen molar-refractivity contribution in [1.29, 1.82) is 0 Å². The molecule has 0 aromatic heterocycles. The number of rotatable bonds is 8. The quantitative estimate of drug-likeness (QED) is 0.485. The fourth-order valence-corrected chi connectivity index (χ4v) is 2.47. The Morgan fingerprint density at radius 1 is 1.11 bits per heavy atom. The van der Waals surface area contributed by atoms with Crippen molar-refractivity contribution in [3.8, 4) is 5.75 Å². The molecule has 0 radical (unpaired) electrons. The first kappa shape index (κ1) is 26.4. The molecule has 6 nitrogen and oxygen atoms in total. The number of nitrogens with zero attached hydrogens (tertiary/aromatic N) is 1. The molecule has 0 N–H and O–H groups in total. The third-order valence-electron chi connectivity index (χ3n) is 3.73. The van der Waals surface area contributed by atoms with E-state index in [9.17, 15) is 4.79 Å². The average Bonchev–Trinajstić information content (AvgIpc) is 2.74. The minimum Gasteiger partial charge on any atom is -0.493 e. The molecule has 1 aromatic rings. The van der Waals surface area contributed by atoms with Crippen molar-refractivity contribution in [1.82, 2.24) is 4.90 Å². The van der Waals surface area contributed by atoms with Gasteiger partial charge in [-0.3, -0.25) is 4.90 Å². The minimum absolute atomic E-state index is 0.334. The first-order valence-electron chi connectivity index (χ1n) is 10.3. The van der Waals surface area contributed by atoms with Gasteiger partial charge in [0.05, 0.1) is 32.5 Å². The highest BCUT2D eigenvalue weighted by Gasteiger charge is 2.16. The van der Waals surface area contributed by atoms with E-state index >= 15 is 0 Å². The van der Waals surface area contributed by atoms with Crippen LogP contribution >= 0.6 is 0 Å². The normalized spacial score (nSPS) is 13.5. The minimum atomic E-state index is -0.334. The van der Waals surface area contributed by atoms with Crippen molar-refractivity contribution >= 4 is 5.97 Å². The van der Waals surface area contributed by atoms with Crippen LogP contribution in [0.2, 0.25) is 0 Å². The maximum absolute atomic E-state index is 11.8. The fraction of sp³-hybridized carbons (Fsp3) is 0.682. The van der Waals surface area contributed by atoms with Gasteiger partial charge >= 0.3 is 5.97 Å². The van der Waals surface area contributed by atoms with E-state index in [1.165, 1.54) is 13.5 Å². The summed E-state index contributed by atoms with van der Waals surface area (Å²) in [5.41, 5.74) is 1.53. The van der Waals surface area contributed by atoms with Gasteiger partial charge in [-0.05, 0) is 18.2 Å². The molecule has 0 atom stereocenters. The van der Waals surface area contributed by atoms with Crippen LogP contribution in [0.3, 0.4) is 0 Å². The number of benzene rings is 1. The third kappa shape index (κ3) is 10.6. The van der Waals surface area contributed by atoms with Gasteiger partial charge in [0, 0.05) is 45.3 Å². The van der Waals surface area contributed by atoms with Crippen molar-refractivity contribution in [3.63, 3.8) is 0 Å². The molecule has 0 saturated carbocycles. The van der Waals surface area contributed by atoms with Gasteiger partial charge in [0.1, 0.15) is 5.75 Å². The molecule has 162 valence electrons. The van der Waals surface area contributed by atoms with Crippen molar-refractivity contribution in [2.75, 3.05) is 53.7 Å². The van der Waals surface area contributed by atoms with Crippen LogP contribution in [0.15, 0.2) is 18.2 Å². The van der Waals surface area contributed by atoms with Gasteiger partial charge in [-0.2, -0.15) is 0 Å². The Morgan fingerprint density at radius 2 is 1.75 bits per heavy atom. The highest BCUT2D eigenvalue weighted by Crippen LogP contribution is 2.23. The average molecular weight is 398 g/mol. The van der Waals surface area contributed by atoms with Crippen LogP contribution < -0.4 is 4.74 Å². The van der Waals surface area contributed by atoms with E-state index in [0.29, 0.717) is 18.8 Å². The second kappa shape index (κ2) is 17.5. The van der Waals surface area contributed by atoms with E-state index in [-0.39, 0.29) is 5.97 Å². The summed E-state index contributed by atoms with van der Waals surface area (Å²) in [4.78, 5) is 14.0. The third-order valence-corrected chi connectivity index (χ3v) is 3.73. The van der Waals surface area contributed by atoms with Crippen molar-refractivity contribution < 1.29 is 23.7 Å². The van der Waals surface area contributed by atoms with Gasteiger partial charge in [-0.25, -0.2) is 4.79 Å². The molecular formula is C22H39NO5. The molecule has 1 aromatic carbocycles. The number of hydrogen-bond donors (Lipinski definition) is 0. The lowest BCUT2D eigenvalue weighted by molar-refractivity contribution is 0.0337. The standard InChI is InChI=1S/C17H25NO5.C3H8.C2H6/c1-20-8-3-9-23-16-5-4-14(17(19)21-2)12-15(16)13-18-6-10-22-11-7-18;1-3-2;1-2/h4-5,12H,3,6-11,13H2,1-2H3;3H2,1-2H3;1-2H3. The van der Waals surface area contributed by atoms with E-state index in [1.807, 2.05) is 26.0 Å². The Labute approximate surface area is 171 Å². The number of ether oxygens (including phenoxy) is 4. The summed E-state index contributed by atoms with van der Waals surface area (Å²) in [6, 6.07) is 5.43. The van der Waals surface area contributed by atoms with Crippen molar-refractivity contribution in [2.24, 2.45) is 0 Å². The topological polar surface area (TPSA) is 57.2 Å². The number of methoxy groups -OCH3 is 2. The lowest BCUT2D eigenvalue weighted by Gasteiger charge is -2.27. The lowest BCUT2D eigenvalue weighted by atomic mass is 10.1. The summed E-state index contributed by atoms with van der Waals surface area (Å²) in [5, 5.41) is 0. The molecule has 0 spiro atoms. The van der Waals surface area contributed by atoms with Gasteiger partial charge in [0.25, 0.3) is 0 Å². The van der Waals surface area contributed by atoms with Crippen LogP contribution in [0, 0.1) is 0 Å². The maximum Gasteiger partial charge on any atom is 0.337 e. The lowest BCUT2D eigenvalue weighted by Crippen LogP contribution is -2.35. The molecule has 0 unspecified atom stereocenters. The predicted molar refractivity (Wildman–Crippen MR) is 113 cm³/mol. The summed E-state index contributed by atoms with van der Waals surface area (Å²) in [6.07, 6.45) is 2.08. The summed E-state index contributed by atoms with van der Waals surface area (Å²) >= 11 is 0. The molecular weight excluding hydrogens is 358 g/mol.